The van der Waals surface area contributed by atoms with Gasteiger partial charge in [0.05, 0.1) is 5.02 Å². The average molecular weight is 246 g/mol. The molecule has 0 saturated heterocycles. The molecular weight excluding hydrogens is 242 g/mol. The second-order valence-electron chi connectivity index (χ2n) is 3.29. The Balaban J connectivity index is 2.12. The molecule has 0 spiro atoms. The van der Waals surface area contributed by atoms with E-state index in [4.69, 9.17) is 11.6 Å². The van der Waals surface area contributed by atoms with Gasteiger partial charge in [0.1, 0.15) is 0 Å². The van der Waals surface area contributed by atoms with Gasteiger partial charge in [-0.1, -0.05) is 23.7 Å². The summed E-state index contributed by atoms with van der Waals surface area (Å²) in [6.45, 7) is 0. The Morgan fingerprint density at radius 3 is 2.71 bits per heavy atom. The summed E-state index contributed by atoms with van der Waals surface area (Å²) in [6, 6.07) is 7.00. The van der Waals surface area contributed by atoms with Crippen LogP contribution in [0.3, 0.4) is 0 Å². The quantitative estimate of drug-likeness (QED) is 0.743. The normalized spacial score (nSPS) is 17.5. The molecule has 0 atom stereocenters. The van der Waals surface area contributed by atoms with Crippen molar-refractivity contribution in [1.29, 1.82) is 0 Å². The van der Waals surface area contributed by atoms with Gasteiger partial charge in [0.2, 0.25) is 11.5 Å². The molecule has 1 aromatic rings. The van der Waals surface area contributed by atoms with Crippen LogP contribution in [-0.2, 0) is 4.79 Å². The number of rotatable bonds is 1. The van der Waals surface area contributed by atoms with Crippen molar-refractivity contribution in [2.45, 2.75) is 0 Å². The summed E-state index contributed by atoms with van der Waals surface area (Å²) in [4.78, 5) is 19.5. The summed E-state index contributed by atoms with van der Waals surface area (Å²) in [5.74, 6) is -0.0924. The lowest BCUT2D eigenvalue weighted by Crippen LogP contribution is -2.25. The van der Waals surface area contributed by atoms with Gasteiger partial charge in [0.25, 0.3) is 0 Å². The van der Waals surface area contributed by atoms with Crippen LogP contribution in [-0.4, -0.2) is 23.3 Å². The first kappa shape index (κ1) is 9.98. The third kappa shape index (κ3) is 1.58. The molecule has 7 heteroatoms. The maximum Gasteiger partial charge on any atom is 0.303 e. The molecule has 0 aromatic heterocycles. The predicted octanol–water partition coefficient (Wildman–Crippen LogP) is 1.85. The van der Waals surface area contributed by atoms with E-state index in [1.165, 1.54) is 0 Å². The summed E-state index contributed by atoms with van der Waals surface area (Å²) in [5, 5.41) is 11.0. The van der Waals surface area contributed by atoms with Crippen LogP contribution in [0.5, 0.6) is 0 Å². The zero-order chi connectivity index (χ0) is 11.8. The first-order chi connectivity index (χ1) is 8.25. The third-order valence-corrected chi connectivity index (χ3v) is 2.56. The third-order valence-electron chi connectivity index (χ3n) is 2.23. The van der Waals surface area contributed by atoms with E-state index in [0.717, 1.165) is 0 Å². The fraction of sp³-hybridized carbons (Fsp3) is 0. The van der Waals surface area contributed by atoms with Gasteiger partial charge in [-0.15, -0.1) is 10.2 Å². The van der Waals surface area contributed by atoms with Gasteiger partial charge >= 0.3 is 5.91 Å². The Labute approximate surface area is 100 Å². The van der Waals surface area contributed by atoms with Crippen molar-refractivity contribution in [1.82, 2.24) is 0 Å². The van der Waals surface area contributed by atoms with Crippen molar-refractivity contribution >= 4 is 34.9 Å². The molecule has 3 rings (SSSR count). The Morgan fingerprint density at radius 2 is 1.88 bits per heavy atom. The average Bonchev–Trinajstić information content (AvgIpc) is 2.78. The van der Waals surface area contributed by atoms with Crippen LogP contribution in [0.1, 0.15) is 5.56 Å². The molecule has 6 nitrogen and oxygen atoms in total. The van der Waals surface area contributed by atoms with E-state index in [0.29, 0.717) is 10.6 Å². The van der Waals surface area contributed by atoms with Crippen LogP contribution < -0.4 is 0 Å². The summed E-state index contributed by atoms with van der Waals surface area (Å²) in [7, 11) is 0. The first-order valence-electron chi connectivity index (χ1n) is 4.71. The molecule has 0 bridgehead atoms. The highest BCUT2D eigenvalue weighted by molar-refractivity contribution is 6.69. The second-order valence-corrected chi connectivity index (χ2v) is 3.70. The van der Waals surface area contributed by atoms with E-state index in [9.17, 15) is 4.79 Å². The van der Waals surface area contributed by atoms with Crippen LogP contribution >= 0.6 is 11.6 Å². The number of amidine groups is 2. The number of halogens is 1. The lowest BCUT2D eigenvalue weighted by molar-refractivity contribution is -0.111. The van der Waals surface area contributed by atoms with E-state index in [-0.39, 0.29) is 17.4 Å². The highest BCUT2D eigenvalue weighted by Gasteiger charge is 2.28. The summed E-state index contributed by atoms with van der Waals surface area (Å²) < 4.78 is 0. The molecular formula is C10H4ClN5O. The van der Waals surface area contributed by atoms with Gasteiger partial charge in [-0.3, -0.25) is 4.79 Å². The van der Waals surface area contributed by atoms with Gasteiger partial charge in [-0.25, -0.2) is 4.99 Å². The van der Waals surface area contributed by atoms with Crippen molar-refractivity contribution in [2.24, 2.45) is 25.4 Å². The zero-order valence-electron chi connectivity index (χ0n) is 8.33. The number of fused-ring (bicyclic) bond motifs is 1. The summed E-state index contributed by atoms with van der Waals surface area (Å²) in [6.07, 6.45) is 0. The molecule has 2 aliphatic heterocycles. The van der Waals surface area contributed by atoms with E-state index in [1.54, 1.807) is 24.3 Å². The van der Waals surface area contributed by atoms with Crippen LogP contribution in [0, 0.1) is 0 Å². The van der Waals surface area contributed by atoms with Gasteiger partial charge in [-0.05, 0) is 17.4 Å². The van der Waals surface area contributed by atoms with Gasteiger partial charge in [0.15, 0.2) is 5.84 Å². The highest BCUT2D eigenvalue weighted by atomic mass is 35.5. The van der Waals surface area contributed by atoms with E-state index in [2.05, 4.69) is 25.4 Å². The fourth-order valence-corrected chi connectivity index (χ4v) is 1.67. The van der Waals surface area contributed by atoms with Crippen LogP contribution in [0.15, 0.2) is 49.7 Å². The number of carbonyl (C=O) groups excluding carboxylic acids is 1. The molecule has 1 amide bonds. The van der Waals surface area contributed by atoms with Gasteiger partial charge < -0.3 is 0 Å². The molecule has 2 heterocycles. The topological polar surface area (TPSA) is 78.9 Å². The fourth-order valence-electron chi connectivity index (χ4n) is 1.45. The minimum absolute atomic E-state index is 0.0702. The van der Waals surface area contributed by atoms with Gasteiger partial charge in [-0.2, -0.15) is 4.99 Å². The first-order valence-corrected chi connectivity index (χ1v) is 5.09. The minimum Gasteiger partial charge on any atom is -0.265 e. The molecule has 1 aromatic carbocycles. The predicted molar refractivity (Wildman–Crippen MR) is 62.7 cm³/mol. The van der Waals surface area contributed by atoms with Crippen LogP contribution in [0.25, 0.3) is 0 Å². The largest absolute Gasteiger partial charge is 0.303 e. The number of hydrogen-bond acceptors (Lipinski definition) is 5. The Kier molecular flexibility index (Phi) is 2.15. The molecule has 2 aliphatic rings. The van der Waals surface area contributed by atoms with Gasteiger partial charge in [0, 0.05) is 5.56 Å². The Bertz CT molecular complexity index is 644. The molecule has 82 valence electrons. The number of amides is 1. The highest BCUT2D eigenvalue weighted by Crippen LogP contribution is 2.19. The van der Waals surface area contributed by atoms with E-state index in [1.807, 2.05) is 0 Å². The Morgan fingerprint density at radius 1 is 1.06 bits per heavy atom. The molecule has 17 heavy (non-hydrogen) atoms. The number of benzene rings is 1. The number of hydrogen-bond donors (Lipinski definition) is 0. The number of nitrogens with zero attached hydrogens (tertiary/aromatic N) is 5. The second kappa shape index (κ2) is 3.67. The van der Waals surface area contributed by atoms with Crippen molar-refractivity contribution in [3.63, 3.8) is 0 Å². The molecule has 0 unspecified atom stereocenters. The van der Waals surface area contributed by atoms with E-state index < -0.39 is 5.91 Å². The SMILES string of the molecule is O=C1N=C(c2ccccc2Cl)N=C2N=NN=C12. The van der Waals surface area contributed by atoms with Crippen LogP contribution in [0.2, 0.25) is 5.02 Å². The van der Waals surface area contributed by atoms with Crippen LogP contribution in [0.4, 0.5) is 0 Å². The molecule has 0 radical (unpaired) electrons. The summed E-state index contributed by atoms with van der Waals surface area (Å²) >= 11 is 6.00. The standard InChI is InChI=1S/C10H4ClN5O/c11-6-4-2-1-3-5(6)8-12-9-7(10(17)13-8)14-16-15-9/h1-4H. The van der Waals surface area contributed by atoms with Crippen molar-refractivity contribution in [2.75, 3.05) is 0 Å². The zero-order valence-corrected chi connectivity index (χ0v) is 9.09. The van der Waals surface area contributed by atoms with Crippen molar-refractivity contribution in [3.05, 3.63) is 34.9 Å². The van der Waals surface area contributed by atoms with Crippen molar-refractivity contribution < 1.29 is 4.79 Å². The molecule has 0 aliphatic carbocycles. The Hall–Kier alpha value is -2.21. The lowest BCUT2D eigenvalue weighted by atomic mass is 10.2. The maximum atomic E-state index is 11.6. The van der Waals surface area contributed by atoms with E-state index >= 15 is 0 Å². The molecule has 0 fully saturated rings. The molecule has 0 N–H and O–H groups in total. The smallest absolute Gasteiger partial charge is 0.265 e. The molecule has 0 saturated carbocycles. The minimum atomic E-state index is -0.505. The number of aliphatic imine (C=N–C) groups is 2. The van der Waals surface area contributed by atoms with Crippen molar-refractivity contribution in [3.8, 4) is 0 Å². The lowest BCUT2D eigenvalue weighted by Gasteiger charge is -2.07. The number of carbonyl (C=O) groups is 1. The maximum absolute atomic E-state index is 11.6. The monoisotopic (exact) mass is 245 g/mol. The summed E-state index contributed by atoms with van der Waals surface area (Å²) in [5.41, 5.74) is 0.650.